The average Bonchev–Trinajstić information content (AvgIpc) is 3.34. The van der Waals surface area contributed by atoms with E-state index in [1.54, 1.807) is 20.8 Å². The van der Waals surface area contributed by atoms with E-state index in [2.05, 4.69) is 42.2 Å². The molecule has 15 heteroatoms. The van der Waals surface area contributed by atoms with Crippen LogP contribution in [0.4, 0.5) is 15.0 Å². The third-order valence-electron chi connectivity index (χ3n) is 3.86. The largest absolute Gasteiger partial charge is 0.446 e. The van der Waals surface area contributed by atoms with E-state index < -0.39 is 35.9 Å². The Morgan fingerprint density at radius 2 is 2.09 bits per heavy atom. The van der Waals surface area contributed by atoms with Gasteiger partial charge in [0, 0.05) is 0 Å². The molecule has 0 radical (unpaired) electrons. The second kappa shape index (κ2) is 10.1. The Labute approximate surface area is 193 Å². The zero-order valence-electron chi connectivity index (χ0n) is 17.7. The van der Waals surface area contributed by atoms with Crippen molar-refractivity contribution in [1.29, 1.82) is 0 Å². The first kappa shape index (κ1) is 24.3. The summed E-state index contributed by atoms with van der Waals surface area (Å²) in [5.74, 6) is -1.56. The van der Waals surface area contributed by atoms with Crippen molar-refractivity contribution in [2.24, 2.45) is 0 Å². The van der Waals surface area contributed by atoms with Crippen LogP contribution in [0, 0.1) is 5.82 Å². The maximum Gasteiger partial charge on any atom is 0.446 e. The van der Waals surface area contributed by atoms with Crippen molar-refractivity contribution in [2.45, 2.75) is 32.4 Å². The Bertz CT molecular complexity index is 1170. The number of halogens is 2. The molecule has 33 heavy (non-hydrogen) atoms. The van der Waals surface area contributed by atoms with Crippen molar-refractivity contribution in [3.8, 4) is 17.2 Å². The van der Waals surface area contributed by atoms with E-state index >= 15 is 0 Å². The molecule has 0 aliphatic carbocycles. The Hall–Kier alpha value is -3.30. The maximum absolute atomic E-state index is 13.6. The number of rotatable bonds is 8. The van der Waals surface area contributed by atoms with E-state index in [1.807, 2.05) is 0 Å². The van der Waals surface area contributed by atoms with Gasteiger partial charge in [-0.25, -0.2) is 28.7 Å². The van der Waals surface area contributed by atoms with Crippen molar-refractivity contribution in [2.75, 3.05) is 18.7 Å². The van der Waals surface area contributed by atoms with Gasteiger partial charge in [0.15, 0.2) is 0 Å². The van der Waals surface area contributed by atoms with Crippen LogP contribution in [0.2, 0.25) is 0 Å². The molecular formula is C18H20BrFN6O7. The molecule has 2 heterocycles. The zero-order valence-corrected chi connectivity index (χ0v) is 19.3. The number of aliphatic hydroxyl groups is 1. The highest BCUT2D eigenvalue weighted by atomic mass is 79.9. The Kier molecular flexibility index (Phi) is 7.45. The number of nitrogens with one attached hydrogen (secondary N) is 2. The molecule has 3 rings (SSSR count). The summed E-state index contributed by atoms with van der Waals surface area (Å²) in [5.41, 5.74) is 1.92. The Morgan fingerprint density at radius 1 is 1.33 bits per heavy atom. The summed E-state index contributed by atoms with van der Waals surface area (Å²) in [4.78, 5) is 29.3. The summed E-state index contributed by atoms with van der Waals surface area (Å²) in [7, 11) is 0. The predicted molar refractivity (Wildman–Crippen MR) is 113 cm³/mol. The van der Waals surface area contributed by atoms with Gasteiger partial charge in [-0.3, -0.25) is 9.36 Å². The first-order chi connectivity index (χ1) is 15.6. The van der Waals surface area contributed by atoms with E-state index in [4.69, 9.17) is 18.7 Å². The number of alkyl carbamates (subject to hydrolysis) is 1. The van der Waals surface area contributed by atoms with Gasteiger partial charge in [0.1, 0.15) is 11.4 Å². The lowest BCUT2D eigenvalue weighted by Crippen LogP contribution is -2.43. The second-order valence-corrected chi connectivity index (χ2v) is 8.46. The Morgan fingerprint density at radius 3 is 2.76 bits per heavy atom. The number of aliphatic hydroxyl groups excluding tert-OH is 1. The normalized spacial score (nSPS) is 12.4. The van der Waals surface area contributed by atoms with Crippen molar-refractivity contribution in [3.05, 3.63) is 39.0 Å². The van der Waals surface area contributed by atoms with Crippen LogP contribution >= 0.6 is 15.9 Å². The van der Waals surface area contributed by atoms with Gasteiger partial charge < -0.3 is 15.2 Å². The van der Waals surface area contributed by atoms with Gasteiger partial charge in [0.05, 0.1) is 29.4 Å². The summed E-state index contributed by atoms with van der Waals surface area (Å²) in [6.07, 6.45) is -0.731. The minimum absolute atomic E-state index is 0.0538. The highest BCUT2D eigenvalue weighted by Crippen LogP contribution is 2.26. The molecule has 0 bridgehead atoms. The molecule has 0 saturated heterocycles. The van der Waals surface area contributed by atoms with Crippen LogP contribution in [0.15, 0.2) is 36.6 Å². The molecule has 178 valence electrons. The quantitative estimate of drug-likeness (QED) is 0.364. The van der Waals surface area contributed by atoms with E-state index in [9.17, 15) is 19.1 Å². The van der Waals surface area contributed by atoms with E-state index in [0.29, 0.717) is 0 Å². The van der Waals surface area contributed by atoms with E-state index in [1.165, 1.54) is 12.1 Å². The standard InChI is InChI=1S/C18H20BrFN6O7/c1-18(2,3)31-16(28)21-9(7-27)8-30-23-14-13(22-33-24-14)15-25-32-17(29)26(15)10-4-5-12(20)11(19)6-10/h4-6,9,27H,7-8H2,1-3H3,(H,21,28)(H,23,24). The number of anilines is 1. The molecule has 2 aromatic heterocycles. The fraction of sp³-hybridized carbons (Fsp3) is 0.389. The summed E-state index contributed by atoms with van der Waals surface area (Å²) in [6.45, 7) is 4.47. The number of amides is 1. The maximum atomic E-state index is 13.6. The van der Waals surface area contributed by atoms with Gasteiger partial charge in [-0.2, -0.15) is 0 Å². The molecular weight excluding hydrogens is 511 g/mol. The minimum atomic E-state index is -0.861. The SMILES string of the molecule is CC(C)(C)OC(=O)NC(CO)CONc1nonc1-c1noc(=O)n1-c1ccc(F)c(Br)c1. The first-order valence-electron chi connectivity index (χ1n) is 9.44. The highest BCUT2D eigenvalue weighted by molar-refractivity contribution is 9.10. The molecule has 0 aliphatic rings. The molecule has 13 nitrogen and oxygen atoms in total. The van der Waals surface area contributed by atoms with E-state index in [0.717, 1.165) is 10.6 Å². The minimum Gasteiger partial charge on any atom is -0.444 e. The fourth-order valence-electron chi connectivity index (χ4n) is 2.48. The molecule has 1 atom stereocenters. The third kappa shape index (κ3) is 6.15. The zero-order chi connectivity index (χ0) is 24.2. The number of nitrogens with zero attached hydrogens (tertiary/aromatic N) is 4. The van der Waals surface area contributed by atoms with Crippen LogP contribution in [-0.4, -0.2) is 56.1 Å². The predicted octanol–water partition coefficient (Wildman–Crippen LogP) is 2.01. The molecule has 0 spiro atoms. The topological polar surface area (TPSA) is 167 Å². The van der Waals surface area contributed by atoms with Gasteiger partial charge in [-0.1, -0.05) is 5.16 Å². The smallest absolute Gasteiger partial charge is 0.444 e. The molecule has 1 aromatic carbocycles. The van der Waals surface area contributed by atoms with Crippen molar-refractivity contribution >= 4 is 27.8 Å². The summed E-state index contributed by atoms with van der Waals surface area (Å²) in [5, 5.41) is 22.9. The lowest BCUT2D eigenvalue weighted by atomic mass is 10.2. The average molecular weight is 531 g/mol. The van der Waals surface area contributed by atoms with Crippen LogP contribution in [0.5, 0.6) is 0 Å². The molecule has 1 unspecified atom stereocenters. The van der Waals surface area contributed by atoms with Gasteiger partial charge in [0.25, 0.3) is 0 Å². The summed E-state index contributed by atoms with van der Waals surface area (Å²) < 4.78 is 29.3. The number of carbonyl (C=O) groups excluding carboxylic acids is 1. The van der Waals surface area contributed by atoms with Gasteiger partial charge >= 0.3 is 11.8 Å². The highest BCUT2D eigenvalue weighted by Gasteiger charge is 2.24. The number of benzene rings is 1. The molecule has 0 aliphatic heterocycles. The Balaban J connectivity index is 1.72. The number of hydrogen-bond acceptors (Lipinski definition) is 11. The van der Waals surface area contributed by atoms with Gasteiger partial charge in [0.2, 0.25) is 17.3 Å². The van der Waals surface area contributed by atoms with Crippen LogP contribution in [0.25, 0.3) is 17.2 Å². The van der Waals surface area contributed by atoms with Crippen molar-refractivity contribution in [3.63, 3.8) is 0 Å². The lowest BCUT2D eigenvalue weighted by molar-refractivity contribution is 0.0426. The first-order valence-corrected chi connectivity index (χ1v) is 10.2. The number of carbonyl (C=O) groups is 1. The van der Waals surface area contributed by atoms with Gasteiger partial charge in [-0.15, -0.1) is 0 Å². The van der Waals surface area contributed by atoms with Crippen LogP contribution in [-0.2, 0) is 9.57 Å². The molecule has 1 amide bonds. The number of aromatic nitrogens is 4. The summed E-state index contributed by atoms with van der Waals surface area (Å²) in [6, 6.07) is 3.03. The number of ether oxygens (including phenoxy) is 1. The fourth-order valence-corrected chi connectivity index (χ4v) is 2.85. The molecule has 0 saturated carbocycles. The molecule has 3 aromatic rings. The summed E-state index contributed by atoms with van der Waals surface area (Å²) >= 11 is 3.05. The lowest BCUT2D eigenvalue weighted by Gasteiger charge is -2.22. The van der Waals surface area contributed by atoms with E-state index in [-0.39, 0.29) is 34.1 Å². The third-order valence-corrected chi connectivity index (χ3v) is 4.47. The van der Waals surface area contributed by atoms with Crippen molar-refractivity contribution in [1.82, 2.24) is 25.4 Å². The van der Waals surface area contributed by atoms with Crippen LogP contribution in [0.1, 0.15) is 20.8 Å². The monoisotopic (exact) mass is 530 g/mol. The molecule has 0 fully saturated rings. The van der Waals surface area contributed by atoms with Crippen LogP contribution < -0.4 is 16.6 Å². The van der Waals surface area contributed by atoms with Gasteiger partial charge in [-0.05, 0) is 65.2 Å². The second-order valence-electron chi connectivity index (χ2n) is 7.61. The molecule has 3 N–H and O–H groups in total. The van der Waals surface area contributed by atoms with Crippen molar-refractivity contribution < 1.29 is 33.0 Å². The van der Waals surface area contributed by atoms with Crippen LogP contribution in [0.3, 0.4) is 0 Å². The number of hydrogen-bond donors (Lipinski definition) is 3.